The maximum Gasteiger partial charge on any atom is 0.0893 e. The lowest BCUT2D eigenvalue weighted by atomic mass is 9.51. The van der Waals surface area contributed by atoms with Gasteiger partial charge in [-0.1, -0.05) is 20.8 Å². The number of benzene rings is 1. The average Bonchev–Trinajstić information content (AvgIpc) is 2.43. The number of hydrogen-bond donors (Lipinski definition) is 1. The summed E-state index contributed by atoms with van der Waals surface area (Å²) in [5.41, 5.74) is 7.61. The molecule has 0 spiro atoms. The van der Waals surface area contributed by atoms with E-state index in [1.165, 1.54) is 17.5 Å². The monoisotopic (exact) mass is 295 g/mol. The molecule has 1 N–H and O–H groups in total. The molecule has 3 heteroatoms. The summed E-state index contributed by atoms with van der Waals surface area (Å²) in [5.74, 6) is 0. The molecule has 0 amide bonds. The molecule has 0 radical (unpaired) electrons. The van der Waals surface area contributed by atoms with Crippen LogP contribution in [-0.4, -0.2) is 22.6 Å². The Labute approximate surface area is 132 Å². The molecule has 2 aromatic rings. The quantitative estimate of drug-likeness (QED) is 0.809. The van der Waals surface area contributed by atoms with Crippen LogP contribution >= 0.6 is 0 Å². The van der Waals surface area contributed by atoms with Crippen LogP contribution in [0.1, 0.15) is 49.7 Å². The zero-order valence-electron chi connectivity index (χ0n) is 14.2. The van der Waals surface area contributed by atoms with Crippen molar-refractivity contribution in [2.75, 3.05) is 6.54 Å². The number of aromatic nitrogens is 2. The van der Waals surface area contributed by atoms with E-state index in [4.69, 9.17) is 9.97 Å². The van der Waals surface area contributed by atoms with E-state index in [2.05, 4.69) is 38.2 Å². The SMILES string of the molecule is Cc1nc2cc3c(cc2nc1C)[C@]1(C)CCN[C@H](C3)C1(C)C. The second-order valence-corrected chi connectivity index (χ2v) is 7.91. The van der Waals surface area contributed by atoms with E-state index >= 15 is 0 Å². The van der Waals surface area contributed by atoms with Gasteiger partial charge in [0.25, 0.3) is 0 Å². The molecule has 2 atom stereocenters. The Morgan fingerprint density at radius 1 is 1.05 bits per heavy atom. The third kappa shape index (κ3) is 1.66. The molecule has 1 saturated heterocycles. The van der Waals surface area contributed by atoms with Crippen LogP contribution in [0.15, 0.2) is 12.1 Å². The fourth-order valence-corrected chi connectivity index (χ4v) is 4.49. The number of hydrogen-bond acceptors (Lipinski definition) is 3. The van der Waals surface area contributed by atoms with Crippen molar-refractivity contribution in [1.29, 1.82) is 0 Å². The lowest BCUT2D eigenvalue weighted by molar-refractivity contribution is 0.0561. The van der Waals surface area contributed by atoms with Crippen LogP contribution in [0.5, 0.6) is 0 Å². The van der Waals surface area contributed by atoms with E-state index in [-0.39, 0.29) is 10.8 Å². The first-order valence-corrected chi connectivity index (χ1v) is 8.35. The van der Waals surface area contributed by atoms with Gasteiger partial charge >= 0.3 is 0 Å². The number of piperidine rings is 1. The predicted octanol–water partition coefficient (Wildman–Crippen LogP) is 3.45. The molecule has 0 saturated carbocycles. The first kappa shape index (κ1) is 14.1. The van der Waals surface area contributed by atoms with Gasteiger partial charge in [-0.25, -0.2) is 9.97 Å². The molecular weight excluding hydrogens is 270 g/mol. The van der Waals surface area contributed by atoms with E-state index in [0.717, 1.165) is 35.4 Å². The van der Waals surface area contributed by atoms with Crippen molar-refractivity contribution in [3.63, 3.8) is 0 Å². The zero-order valence-corrected chi connectivity index (χ0v) is 14.2. The van der Waals surface area contributed by atoms with Gasteiger partial charge in [0.05, 0.1) is 22.4 Å². The van der Waals surface area contributed by atoms with Crippen LogP contribution in [0.25, 0.3) is 11.0 Å². The van der Waals surface area contributed by atoms with E-state index in [9.17, 15) is 0 Å². The molecule has 2 heterocycles. The molecule has 116 valence electrons. The second kappa shape index (κ2) is 4.29. The Bertz CT molecular complexity index is 778. The summed E-state index contributed by atoms with van der Waals surface area (Å²) < 4.78 is 0. The van der Waals surface area contributed by atoms with Crippen molar-refractivity contribution in [2.45, 2.75) is 58.9 Å². The minimum atomic E-state index is 0.213. The summed E-state index contributed by atoms with van der Waals surface area (Å²) in [7, 11) is 0. The molecule has 1 aliphatic heterocycles. The second-order valence-electron chi connectivity index (χ2n) is 7.91. The van der Waals surface area contributed by atoms with E-state index < -0.39 is 0 Å². The standard InChI is InChI=1S/C19H25N3/c1-11-12(2)22-16-10-14-13(8-15(16)21-11)9-17-18(3,4)19(14,5)6-7-20-17/h8,10,17,20H,6-7,9H2,1-5H3/t17-,19+/m1/s1. The van der Waals surface area contributed by atoms with Crippen molar-refractivity contribution < 1.29 is 0 Å². The van der Waals surface area contributed by atoms with Crippen LogP contribution in [0.4, 0.5) is 0 Å². The molecule has 2 aliphatic rings. The van der Waals surface area contributed by atoms with Gasteiger partial charge in [0.15, 0.2) is 0 Å². The van der Waals surface area contributed by atoms with Crippen LogP contribution in [-0.2, 0) is 11.8 Å². The van der Waals surface area contributed by atoms with Gasteiger partial charge in [-0.2, -0.15) is 0 Å². The largest absolute Gasteiger partial charge is 0.313 e. The van der Waals surface area contributed by atoms with Crippen LogP contribution in [0.3, 0.4) is 0 Å². The van der Waals surface area contributed by atoms with Crippen LogP contribution < -0.4 is 5.32 Å². The molecule has 1 fully saturated rings. The molecule has 4 rings (SSSR count). The first-order valence-electron chi connectivity index (χ1n) is 8.35. The lowest BCUT2D eigenvalue weighted by Gasteiger charge is -2.57. The van der Waals surface area contributed by atoms with Gasteiger partial charge in [-0.3, -0.25) is 0 Å². The van der Waals surface area contributed by atoms with E-state index in [1.807, 2.05) is 13.8 Å². The minimum Gasteiger partial charge on any atom is -0.313 e. The highest BCUT2D eigenvalue weighted by atomic mass is 15.0. The molecule has 2 bridgehead atoms. The number of rotatable bonds is 0. The highest BCUT2D eigenvalue weighted by molar-refractivity contribution is 5.77. The third-order valence-electron chi connectivity index (χ3n) is 6.63. The van der Waals surface area contributed by atoms with Crippen molar-refractivity contribution in [2.24, 2.45) is 5.41 Å². The number of nitrogens with one attached hydrogen (secondary N) is 1. The Kier molecular flexibility index (Phi) is 2.75. The average molecular weight is 295 g/mol. The fraction of sp³-hybridized carbons (Fsp3) is 0.579. The number of aryl methyl sites for hydroxylation is 2. The molecular formula is C19H25N3. The summed E-state index contributed by atoms with van der Waals surface area (Å²) in [6.07, 6.45) is 2.29. The van der Waals surface area contributed by atoms with Gasteiger partial charge in [0.2, 0.25) is 0 Å². The highest BCUT2D eigenvalue weighted by Gasteiger charge is 2.53. The maximum absolute atomic E-state index is 4.79. The lowest BCUT2D eigenvalue weighted by Crippen LogP contribution is -2.62. The normalized spacial score (nSPS) is 29.4. The van der Waals surface area contributed by atoms with Crippen LogP contribution in [0, 0.1) is 19.3 Å². The molecule has 3 nitrogen and oxygen atoms in total. The molecule has 1 aromatic carbocycles. The van der Waals surface area contributed by atoms with Gasteiger partial charge in [-0.15, -0.1) is 0 Å². The highest BCUT2D eigenvalue weighted by Crippen LogP contribution is 2.54. The molecule has 22 heavy (non-hydrogen) atoms. The number of nitrogens with zero attached hydrogens (tertiary/aromatic N) is 2. The Morgan fingerprint density at radius 3 is 2.36 bits per heavy atom. The number of fused-ring (bicyclic) bond motifs is 5. The van der Waals surface area contributed by atoms with Crippen molar-refractivity contribution in [1.82, 2.24) is 15.3 Å². The fourth-order valence-electron chi connectivity index (χ4n) is 4.49. The van der Waals surface area contributed by atoms with Crippen molar-refractivity contribution in [3.8, 4) is 0 Å². The molecule has 1 aliphatic carbocycles. The Hall–Kier alpha value is -1.48. The minimum absolute atomic E-state index is 0.213. The van der Waals surface area contributed by atoms with Gasteiger partial charge in [0, 0.05) is 11.5 Å². The summed E-state index contributed by atoms with van der Waals surface area (Å²) >= 11 is 0. The molecule has 1 aromatic heterocycles. The Morgan fingerprint density at radius 2 is 1.68 bits per heavy atom. The van der Waals surface area contributed by atoms with E-state index in [1.54, 1.807) is 0 Å². The molecule has 0 unspecified atom stereocenters. The van der Waals surface area contributed by atoms with Gasteiger partial charge in [-0.05, 0) is 61.9 Å². The summed E-state index contributed by atoms with van der Waals surface area (Å²) in [6.45, 7) is 12.5. The Balaban J connectivity index is 2.01. The van der Waals surface area contributed by atoms with E-state index in [0.29, 0.717) is 6.04 Å². The third-order valence-corrected chi connectivity index (χ3v) is 6.63. The van der Waals surface area contributed by atoms with Gasteiger partial charge in [0.1, 0.15) is 0 Å². The topological polar surface area (TPSA) is 37.8 Å². The smallest absolute Gasteiger partial charge is 0.0893 e. The van der Waals surface area contributed by atoms with Crippen molar-refractivity contribution in [3.05, 3.63) is 34.6 Å². The summed E-state index contributed by atoms with van der Waals surface area (Å²) in [6, 6.07) is 5.17. The summed E-state index contributed by atoms with van der Waals surface area (Å²) in [4.78, 5) is 9.54. The predicted molar refractivity (Wildman–Crippen MR) is 90.3 cm³/mol. The van der Waals surface area contributed by atoms with Crippen molar-refractivity contribution >= 4 is 11.0 Å². The summed E-state index contributed by atoms with van der Waals surface area (Å²) in [5, 5.41) is 3.74. The van der Waals surface area contributed by atoms with Crippen LogP contribution in [0.2, 0.25) is 0 Å². The first-order chi connectivity index (χ1) is 10.3. The maximum atomic E-state index is 4.79. The zero-order chi connectivity index (χ0) is 15.7. The van der Waals surface area contributed by atoms with Gasteiger partial charge < -0.3 is 5.32 Å².